The van der Waals surface area contributed by atoms with Crippen molar-refractivity contribution in [1.82, 2.24) is 4.90 Å². The van der Waals surface area contributed by atoms with E-state index in [9.17, 15) is 4.79 Å². The van der Waals surface area contributed by atoms with Crippen molar-refractivity contribution < 1.29 is 4.79 Å². The number of amides is 1. The Morgan fingerprint density at radius 3 is 2.88 bits per heavy atom. The SMILES string of the molecule is CN(CCC#N)CC(=O)Nc1ccccc1N. The minimum Gasteiger partial charge on any atom is -0.397 e. The van der Waals surface area contributed by atoms with E-state index in [0.717, 1.165) is 0 Å². The largest absolute Gasteiger partial charge is 0.397 e. The van der Waals surface area contributed by atoms with Gasteiger partial charge in [-0.2, -0.15) is 5.26 Å². The molecule has 1 amide bonds. The van der Waals surface area contributed by atoms with Crippen LogP contribution in [0.25, 0.3) is 0 Å². The van der Waals surface area contributed by atoms with E-state index in [1.807, 2.05) is 18.2 Å². The molecule has 0 aliphatic heterocycles. The van der Waals surface area contributed by atoms with E-state index in [1.165, 1.54) is 0 Å². The molecule has 0 saturated carbocycles. The molecule has 1 rings (SSSR count). The highest BCUT2D eigenvalue weighted by Crippen LogP contribution is 2.16. The Labute approximate surface area is 101 Å². The molecule has 90 valence electrons. The van der Waals surface area contributed by atoms with Gasteiger partial charge in [0.05, 0.1) is 24.0 Å². The van der Waals surface area contributed by atoms with Crippen molar-refractivity contribution in [2.45, 2.75) is 6.42 Å². The van der Waals surface area contributed by atoms with Gasteiger partial charge < -0.3 is 11.1 Å². The molecule has 5 heteroatoms. The van der Waals surface area contributed by atoms with Crippen molar-refractivity contribution in [1.29, 1.82) is 5.26 Å². The lowest BCUT2D eigenvalue weighted by molar-refractivity contribution is -0.117. The Morgan fingerprint density at radius 1 is 1.53 bits per heavy atom. The second-order valence-electron chi connectivity index (χ2n) is 3.78. The standard InChI is InChI=1S/C12H16N4O/c1-16(8-4-7-13)9-12(17)15-11-6-3-2-5-10(11)14/h2-3,5-6H,4,8-9,14H2,1H3,(H,15,17). The van der Waals surface area contributed by atoms with Crippen LogP contribution in [0.15, 0.2) is 24.3 Å². The molecule has 0 radical (unpaired) electrons. The number of carbonyl (C=O) groups excluding carboxylic acids is 1. The Kier molecular flexibility index (Phi) is 4.98. The fourth-order valence-corrected chi connectivity index (χ4v) is 1.37. The molecule has 0 atom stereocenters. The highest BCUT2D eigenvalue weighted by atomic mass is 16.2. The zero-order valence-corrected chi connectivity index (χ0v) is 9.81. The van der Waals surface area contributed by atoms with E-state index in [-0.39, 0.29) is 12.5 Å². The summed E-state index contributed by atoms with van der Waals surface area (Å²) in [6.45, 7) is 0.824. The van der Waals surface area contributed by atoms with Gasteiger partial charge in [-0.05, 0) is 19.2 Å². The molecule has 0 spiro atoms. The Morgan fingerprint density at radius 2 is 2.24 bits per heavy atom. The zero-order valence-electron chi connectivity index (χ0n) is 9.81. The number of nitrogens with one attached hydrogen (secondary N) is 1. The molecule has 0 saturated heterocycles. The van der Waals surface area contributed by atoms with E-state index >= 15 is 0 Å². The maximum atomic E-state index is 11.6. The fraction of sp³-hybridized carbons (Fsp3) is 0.333. The average Bonchev–Trinajstić information content (AvgIpc) is 2.29. The average molecular weight is 232 g/mol. The number of para-hydroxylation sites is 2. The van der Waals surface area contributed by atoms with Crippen molar-refractivity contribution in [3.8, 4) is 6.07 Å². The summed E-state index contributed by atoms with van der Waals surface area (Å²) in [6.07, 6.45) is 0.414. The van der Waals surface area contributed by atoms with Crippen LogP contribution >= 0.6 is 0 Å². The summed E-state index contributed by atoms with van der Waals surface area (Å²) < 4.78 is 0. The van der Waals surface area contributed by atoms with Crippen molar-refractivity contribution in [3.05, 3.63) is 24.3 Å². The first-order valence-electron chi connectivity index (χ1n) is 5.33. The number of nitrogens with two attached hydrogens (primary N) is 1. The van der Waals surface area contributed by atoms with Crippen LogP contribution in [0, 0.1) is 11.3 Å². The van der Waals surface area contributed by atoms with Gasteiger partial charge in [0.2, 0.25) is 5.91 Å². The Bertz CT molecular complexity index is 425. The van der Waals surface area contributed by atoms with Gasteiger partial charge in [0, 0.05) is 13.0 Å². The first-order chi connectivity index (χ1) is 8.13. The maximum Gasteiger partial charge on any atom is 0.238 e. The highest BCUT2D eigenvalue weighted by Gasteiger charge is 2.07. The molecule has 17 heavy (non-hydrogen) atoms. The molecule has 0 aliphatic carbocycles. The molecular formula is C12H16N4O. The van der Waals surface area contributed by atoms with E-state index in [4.69, 9.17) is 11.0 Å². The van der Waals surface area contributed by atoms with Crippen LogP contribution in [0.5, 0.6) is 0 Å². The minimum absolute atomic E-state index is 0.136. The van der Waals surface area contributed by atoms with Crippen molar-refractivity contribution >= 4 is 17.3 Å². The van der Waals surface area contributed by atoms with Crippen LogP contribution in [-0.2, 0) is 4.79 Å². The number of nitrogen functional groups attached to an aromatic ring is 1. The van der Waals surface area contributed by atoms with E-state index in [2.05, 4.69) is 5.32 Å². The quantitative estimate of drug-likeness (QED) is 0.743. The summed E-state index contributed by atoms with van der Waals surface area (Å²) in [7, 11) is 1.80. The third kappa shape index (κ3) is 4.53. The van der Waals surface area contributed by atoms with Crippen LogP contribution < -0.4 is 11.1 Å². The smallest absolute Gasteiger partial charge is 0.238 e. The van der Waals surface area contributed by atoms with Crippen molar-refractivity contribution in [3.63, 3.8) is 0 Å². The van der Waals surface area contributed by atoms with E-state index < -0.39 is 0 Å². The van der Waals surface area contributed by atoms with Crippen LogP contribution in [-0.4, -0.2) is 30.9 Å². The van der Waals surface area contributed by atoms with E-state index in [0.29, 0.717) is 24.3 Å². The first-order valence-corrected chi connectivity index (χ1v) is 5.33. The Balaban J connectivity index is 2.45. The molecule has 1 aromatic rings. The fourth-order valence-electron chi connectivity index (χ4n) is 1.37. The summed E-state index contributed by atoms with van der Waals surface area (Å²) in [6, 6.07) is 9.14. The summed E-state index contributed by atoms with van der Waals surface area (Å²) in [4.78, 5) is 13.4. The number of anilines is 2. The van der Waals surface area contributed by atoms with E-state index in [1.54, 1.807) is 24.1 Å². The zero-order chi connectivity index (χ0) is 12.7. The number of nitriles is 1. The monoisotopic (exact) mass is 232 g/mol. The van der Waals surface area contributed by atoms with Gasteiger partial charge in [0.1, 0.15) is 0 Å². The maximum absolute atomic E-state index is 11.6. The van der Waals surface area contributed by atoms with Gasteiger partial charge in [0.15, 0.2) is 0 Å². The highest BCUT2D eigenvalue weighted by molar-refractivity contribution is 5.95. The summed E-state index contributed by atoms with van der Waals surface area (Å²) >= 11 is 0. The number of carbonyl (C=O) groups is 1. The van der Waals surface area contributed by atoms with Gasteiger partial charge in [-0.25, -0.2) is 0 Å². The topological polar surface area (TPSA) is 82.2 Å². The second-order valence-corrected chi connectivity index (χ2v) is 3.78. The molecule has 1 aromatic carbocycles. The third-order valence-corrected chi connectivity index (χ3v) is 2.25. The molecule has 0 heterocycles. The number of nitrogens with zero attached hydrogens (tertiary/aromatic N) is 2. The lowest BCUT2D eigenvalue weighted by Gasteiger charge is -2.15. The number of benzene rings is 1. The first kappa shape index (κ1) is 13.0. The van der Waals surface area contributed by atoms with Crippen LogP contribution in [0.2, 0.25) is 0 Å². The van der Waals surface area contributed by atoms with Gasteiger partial charge in [-0.1, -0.05) is 12.1 Å². The van der Waals surface area contributed by atoms with Crippen LogP contribution in [0.1, 0.15) is 6.42 Å². The molecule has 0 unspecified atom stereocenters. The second kappa shape index (κ2) is 6.51. The molecular weight excluding hydrogens is 216 g/mol. The number of rotatable bonds is 5. The molecule has 0 aromatic heterocycles. The summed E-state index contributed by atoms with van der Waals surface area (Å²) in [5.74, 6) is -0.136. The third-order valence-electron chi connectivity index (χ3n) is 2.25. The number of hydrogen-bond donors (Lipinski definition) is 2. The van der Waals surface area contributed by atoms with Gasteiger partial charge >= 0.3 is 0 Å². The predicted molar refractivity (Wildman–Crippen MR) is 67.2 cm³/mol. The summed E-state index contributed by atoms with van der Waals surface area (Å²) in [5.41, 5.74) is 6.87. The van der Waals surface area contributed by atoms with Gasteiger partial charge in [-0.3, -0.25) is 9.69 Å². The number of likely N-dealkylation sites (N-methyl/N-ethyl adjacent to an activating group) is 1. The summed E-state index contributed by atoms with van der Waals surface area (Å²) in [5, 5.41) is 11.2. The minimum atomic E-state index is -0.136. The molecule has 3 N–H and O–H groups in total. The molecule has 5 nitrogen and oxygen atoms in total. The van der Waals surface area contributed by atoms with Crippen molar-refractivity contribution in [2.75, 3.05) is 31.2 Å². The normalized spacial score (nSPS) is 9.94. The molecule has 0 fully saturated rings. The van der Waals surface area contributed by atoms with Crippen LogP contribution in [0.4, 0.5) is 11.4 Å². The van der Waals surface area contributed by atoms with Gasteiger partial charge in [0.25, 0.3) is 0 Å². The molecule has 0 bridgehead atoms. The Hall–Kier alpha value is -2.06. The number of hydrogen-bond acceptors (Lipinski definition) is 4. The van der Waals surface area contributed by atoms with Crippen molar-refractivity contribution in [2.24, 2.45) is 0 Å². The lowest BCUT2D eigenvalue weighted by atomic mass is 10.2. The predicted octanol–water partition coefficient (Wildman–Crippen LogP) is 1.05. The lowest BCUT2D eigenvalue weighted by Crippen LogP contribution is -2.30. The van der Waals surface area contributed by atoms with Gasteiger partial charge in [-0.15, -0.1) is 0 Å². The van der Waals surface area contributed by atoms with Crippen LogP contribution in [0.3, 0.4) is 0 Å². The molecule has 0 aliphatic rings.